The molecule has 0 aliphatic carbocycles. The zero-order valence-corrected chi connectivity index (χ0v) is 12.4. The molecule has 1 unspecified atom stereocenters. The maximum atomic E-state index is 12.5. The van der Waals surface area contributed by atoms with Crippen molar-refractivity contribution in [2.24, 2.45) is 0 Å². The fourth-order valence-electron chi connectivity index (χ4n) is 2.31. The van der Waals surface area contributed by atoms with E-state index in [9.17, 15) is 4.79 Å². The first-order valence-corrected chi connectivity index (χ1v) is 7.52. The Morgan fingerprint density at radius 1 is 1.48 bits per heavy atom. The minimum absolute atomic E-state index is 0.0186. The van der Waals surface area contributed by atoms with Gasteiger partial charge in [-0.3, -0.25) is 9.78 Å². The summed E-state index contributed by atoms with van der Waals surface area (Å²) in [5.41, 5.74) is 0.682. The highest BCUT2D eigenvalue weighted by Crippen LogP contribution is 2.20. The van der Waals surface area contributed by atoms with Crippen LogP contribution in [0.2, 0.25) is 0 Å². The van der Waals surface area contributed by atoms with Gasteiger partial charge in [-0.1, -0.05) is 4.49 Å². The van der Waals surface area contributed by atoms with Gasteiger partial charge in [0.1, 0.15) is 11.0 Å². The number of likely N-dealkylation sites (tertiary alicyclic amines) is 1. The van der Waals surface area contributed by atoms with Gasteiger partial charge in [-0.25, -0.2) is 4.98 Å². The summed E-state index contributed by atoms with van der Waals surface area (Å²) in [5, 5.41) is 3.89. The van der Waals surface area contributed by atoms with E-state index in [2.05, 4.69) is 19.6 Å². The van der Waals surface area contributed by atoms with E-state index < -0.39 is 0 Å². The van der Waals surface area contributed by atoms with Gasteiger partial charge in [0.05, 0.1) is 18.4 Å². The van der Waals surface area contributed by atoms with Crippen LogP contribution in [0.5, 0.6) is 5.88 Å². The van der Waals surface area contributed by atoms with Gasteiger partial charge in [-0.2, -0.15) is 0 Å². The Balaban J connectivity index is 1.66. The molecule has 1 aliphatic rings. The molecule has 8 heteroatoms. The number of nitrogens with zero attached hydrogens (tertiary/aromatic N) is 5. The molecule has 1 fully saturated rings. The molecule has 21 heavy (non-hydrogen) atoms. The van der Waals surface area contributed by atoms with Crippen LogP contribution in [0.25, 0.3) is 0 Å². The second-order valence-electron chi connectivity index (χ2n) is 4.86. The van der Waals surface area contributed by atoms with Gasteiger partial charge in [-0.05, 0) is 31.3 Å². The van der Waals surface area contributed by atoms with Crippen molar-refractivity contribution in [1.29, 1.82) is 0 Å². The SMILES string of the molecule is Cc1nnsc1C(=O)N1CCCC(Oc2cnccn2)C1. The summed E-state index contributed by atoms with van der Waals surface area (Å²) in [6.45, 7) is 3.08. The fraction of sp³-hybridized carbons (Fsp3) is 0.462. The number of aryl methyl sites for hydroxylation is 1. The van der Waals surface area contributed by atoms with Crippen LogP contribution in [-0.4, -0.2) is 49.6 Å². The number of carbonyl (C=O) groups excluding carboxylic acids is 1. The Morgan fingerprint density at radius 2 is 2.38 bits per heavy atom. The molecule has 2 aromatic rings. The zero-order chi connectivity index (χ0) is 14.7. The van der Waals surface area contributed by atoms with Crippen molar-refractivity contribution >= 4 is 17.4 Å². The third kappa shape index (κ3) is 3.15. The molecule has 0 N–H and O–H groups in total. The van der Waals surface area contributed by atoms with Crippen molar-refractivity contribution < 1.29 is 9.53 Å². The highest BCUT2D eigenvalue weighted by atomic mass is 32.1. The summed E-state index contributed by atoms with van der Waals surface area (Å²) in [7, 11) is 0. The van der Waals surface area contributed by atoms with Gasteiger partial charge in [-0.15, -0.1) is 5.10 Å². The summed E-state index contributed by atoms with van der Waals surface area (Å²) in [5.74, 6) is 0.474. The number of amides is 1. The second kappa shape index (κ2) is 6.13. The highest BCUT2D eigenvalue weighted by Gasteiger charge is 2.28. The summed E-state index contributed by atoms with van der Waals surface area (Å²) in [6.07, 6.45) is 6.53. The van der Waals surface area contributed by atoms with E-state index in [-0.39, 0.29) is 12.0 Å². The van der Waals surface area contributed by atoms with Crippen molar-refractivity contribution in [2.75, 3.05) is 13.1 Å². The molecule has 1 aliphatic heterocycles. The molecule has 0 aromatic carbocycles. The molecular formula is C13H15N5O2S. The predicted molar refractivity (Wildman–Crippen MR) is 76.2 cm³/mol. The van der Waals surface area contributed by atoms with Crippen LogP contribution < -0.4 is 4.74 Å². The summed E-state index contributed by atoms with van der Waals surface area (Å²) in [6, 6.07) is 0. The van der Waals surface area contributed by atoms with Crippen LogP contribution >= 0.6 is 11.5 Å². The van der Waals surface area contributed by atoms with Gasteiger partial charge in [0.15, 0.2) is 0 Å². The highest BCUT2D eigenvalue weighted by molar-refractivity contribution is 7.07. The van der Waals surface area contributed by atoms with Crippen LogP contribution in [0.1, 0.15) is 28.2 Å². The lowest BCUT2D eigenvalue weighted by molar-refractivity contribution is 0.0530. The summed E-state index contributed by atoms with van der Waals surface area (Å²) < 4.78 is 9.61. The number of piperidine rings is 1. The van der Waals surface area contributed by atoms with Crippen molar-refractivity contribution in [3.8, 4) is 5.88 Å². The molecule has 3 rings (SSSR count). The van der Waals surface area contributed by atoms with Gasteiger partial charge < -0.3 is 9.64 Å². The van der Waals surface area contributed by atoms with E-state index in [1.165, 1.54) is 0 Å². The first-order chi connectivity index (χ1) is 10.2. The maximum absolute atomic E-state index is 12.5. The molecular weight excluding hydrogens is 290 g/mol. The van der Waals surface area contributed by atoms with Gasteiger partial charge >= 0.3 is 0 Å². The van der Waals surface area contributed by atoms with E-state index in [1.54, 1.807) is 30.4 Å². The van der Waals surface area contributed by atoms with Crippen LogP contribution in [0, 0.1) is 6.92 Å². The lowest BCUT2D eigenvalue weighted by atomic mass is 10.1. The quantitative estimate of drug-likeness (QED) is 0.850. The van der Waals surface area contributed by atoms with Gasteiger partial charge in [0, 0.05) is 18.9 Å². The van der Waals surface area contributed by atoms with Crippen LogP contribution in [-0.2, 0) is 0 Å². The molecule has 1 atom stereocenters. The topological polar surface area (TPSA) is 81.1 Å². The standard InChI is InChI=1S/C13H15N5O2S/c1-9-12(21-17-16-9)13(19)18-6-2-3-10(8-18)20-11-7-14-4-5-15-11/h4-5,7,10H,2-3,6,8H2,1H3. The van der Waals surface area contributed by atoms with Crippen LogP contribution in [0.4, 0.5) is 0 Å². The number of hydrogen-bond donors (Lipinski definition) is 0. The molecule has 3 heterocycles. The number of rotatable bonds is 3. The number of ether oxygens (including phenoxy) is 1. The zero-order valence-electron chi connectivity index (χ0n) is 11.6. The van der Waals surface area contributed by atoms with Crippen LogP contribution in [0.15, 0.2) is 18.6 Å². The second-order valence-corrected chi connectivity index (χ2v) is 5.62. The average molecular weight is 305 g/mol. The summed E-state index contributed by atoms with van der Waals surface area (Å²) >= 11 is 1.14. The van der Waals surface area contributed by atoms with Crippen molar-refractivity contribution in [3.05, 3.63) is 29.2 Å². The molecule has 2 aromatic heterocycles. The molecule has 0 bridgehead atoms. The van der Waals surface area contributed by atoms with E-state index in [4.69, 9.17) is 4.74 Å². The molecule has 0 spiro atoms. The Morgan fingerprint density at radius 3 is 3.10 bits per heavy atom. The van der Waals surface area contributed by atoms with Crippen molar-refractivity contribution in [3.63, 3.8) is 0 Å². The Labute approximate surface area is 126 Å². The number of hydrogen-bond acceptors (Lipinski definition) is 7. The molecule has 1 amide bonds. The molecule has 0 radical (unpaired) electrons. The molecule has 0 saturated carbocycles. The largest absolute Gasteiger partial charge is 0.471 e. The smallest absolute Gasteiger partial charge is 0.267 e. The molecule has 110 valence electrons. The van der Waals surface area contributed by atoms with Gasteiger partial charge in [0.25, 0.3) is 5.91 Å². The Bertz CT molecular complexity index is 618. The van der Waals surface area contributed by atoms with E-state index in [1.807, 2.05) is 0 Å². The molecule has 7 nitrogen and oxygen atoms in total. The summed E-state index contributed by atoms with van der Waals surface area (Å²) in [4.78, 5) is 22.9. The van der Waals surface area contributed by atoms with E-state index in [0.717, 1.165) is 30.9 Å². The minimum atomic E-state index is -0.0550. The lowest BCUT2D eigenvalue weighted by Crippen LogP contribution is -2.44. The fourth-order valence-corrected chi connectivity index (χ4v) is 2.93. The normalized spacial score (nSPS) is 18.5. The third-order valence-electron chi connectivity index (χ3n) is 3.34. The number of carbonyl (C=O) groups is 1. The van der Waals surface area contributed by atoms with E-state index in [0.29, 0.717) is 23.0 Å². The van der Waals surface area contributed by atoms with E-state index >= 15 is 0 Å². The number of aromatic nitrogens is 4. The third-order valence-corrected chi connectivity index (χ3v) is 4.15. The van der Waals surface area contributed by atoms with Crippen molar-refractivity contribution in [2.45, 2.75) is 25.9 Å². The average Bonchev–Trinajstić information content (AvgIpc) is 2.94. The van der Waals surface area contributed by atoms with Crippen LogP contribution in [0.3, 0.4) is 0 Å². The monoisotopic (exact) mass is 305 g/mol. The lowest BCUT2D eigenvalue weighted by Gasteiger charge is -2.32. The van der Waals surface area contributed by atoms with Crippen molar-refractivity contribution in [1.82, 2.24) is 24.5 Å². The first kappa shape index (κ1) is 13.9. The Hall–Kier alpha value is -2.09. The predicted octanol–water partition coefficient (Wildman–Crippen LogP) is 1.32. The first-order valence-electron chi connectivity index (χ1n) is 6.75. The minimum Gasteiger partial charge on any atom is -0.471 e. The maximum Gasteiger partial charge on any atom is 0.267 e. The Kier molecular flexibility index (Phi) is 4.05. The molecule has 1 saturated heterocycles. The van der Waals surface area contributed by atoms with Gasteiger partial charge in [0.2, 0.25) is 5.88 Å².